The molecule has 1 N–H and O–H groups in total. The van der Waals surface area contributed by atoms with Crippen LogP contribution in [-0.4, -0.2) is 11.1 Å². The average Bonchev–Trinajstić information content (AvgIpc) is 2.16. The van der Waals surface area contributed by atoms with E-state index in [1.165, 1.54) is 18.2 Å². The van der Waals surface area contributed by atoms with Gasteiger partial charge in [-0.15, -0.1) is 0 Å². The summed E-state index contributed by atoms with van der Waals surface area (Å²) in [4.78, 5) is 10.8. The van der Waals surface area contributed by atoms with Crippen LogP contribution in [0.4, 0.5) is 8.78 Å². The van der Waals surface area contributed by atoms with Crippen LogP contribution in [-0.2, 0) is 0 Å². The molecule has 0 radical (unpaired) electrons. The Morgan fingerprint density at radius 2 is 1.87 bits per heavy atom. The first-order chi connectivity index (χ1) is 7.09. The molecule has 0 spiro atoms. The van der Waals surface area contributed by atoms with Crippen molar-refractivity contribution < 1.29 is 18.7 Å². The maximum Gasteiger partial charge on any atom is 0.336 e. The van der Waals surface area contributed by atoms with Crippen molar-refractivity contribution in [2.45, 2.75) is 0 Å². The number of carboxylic acid groups (broad SMARTS) is 1. The first-order valence-corrected chi connectivity index (χ1v) is 4.20. The number of hydrogen-bond donors (Lipinski definition) is 1. The van der Waals surface area contributed by atoms with Crippen LogP contribution in [0, 0.1) is 11.6 Å². The number of carboxylic acids is 1. The fourth-order valence-corrected chi connectivity index (χ4v) is 1.49. The highest BCUT2D eigenvalue weighted by atomic mass is 19.1. The van der Waals surface area contributed by atoms with Gasteiger partial charge in [0.1, 0.15) is 11.6 Å². The number of rotatable bonds is 1. The molecule has 2 aromatic rings. The van der Waals surface area contributed by atoms with Gasteiger partial charge in [-0.25, -0.2) is 13.6 Å². The van der Waals surface area contributed by atoms with Gasteiger partial charge >= 0.3 is 5.97 Å². The summed E-state index contributed by atoms with van der Waals surface area (Å²) in [5, 5.41) is 9.00. The van der Waals surface area contributed by atoms with Crippen molar-refractivity contribution in [3.8, 4) is 0 Å². The number of halogens is 2. The Morgan fingerprint density at radius 1 is 1.13 bits per heavy atom. The van der Waals surface area contributed by atoms with Gasteiger partial charge in [0.2, 0.25) is 0 Å². The normalized spacial score (nSPS) is 10.5. The number of aromatic carboxylic acids is 1. The summed E-state index contributed by atoms with van der Waals surface area (Å²) in [5.74, 6) is -2.74. The fraction of sp³-hybridized carbons (Fsp3) is 0. The highest BCUT2D eigenvalue weighted by Crippen LogP contribution is 2.23. The van der Waals surface area contributed by atoms with E-state index < -0.39 is 17.6 Å². The smallest absolute Gasteiger partial charge is 0.336 e. The van der Waals surface area contributed by atoms with E-state index in [1.807, 2.05) is 0 Å². The van der Waals surface area contributed by atoms with E-state index in [2.05, 4.69) is 0 Å². The van der Waals surface area contributed by atoms with Crippen molar-refractivity contribution in [3.63, 3.8) is 0 Å². The second kappa shape index (κ2) is 3.31. The molecule has 0 saturated heterocycles. The third-order valence-corrected chi connectivity index (χ3v) is 2.14. The summed E-state index contributed by atoms with van der Waals surface area (Å²) in [5.41, 5.74) is -0.106. The van der Waals surface area contributed by atoms with Crippen molar-refractivity contribution >= 4 is 16.7 Å². The zero-order chi connectivity index (χ0) is 11.0. The monoisotopic (exact) mass is 208 g/mol. The lowest BCUT2D eigenvalue weighted by Crippen LogP contribution is -1.98. The molecule has 2 aromatic carbocycles. The Bertz CT molecular complexity index is 550. The van der Waals surface area contributed by atoms with Crippen LogP contribution in [0.25, 0.3) is 10.8 Å². The zero-order valence-electron chi connectivity index (χ0n) is 7.50. The summed E-state index contributed by atoms with van der Waals surface area (Å²) < 4.78 is 26.2. The molecule has 15 heavy (non-hydrogen) atoms. The second-order valence-corrected chi connectivity index (χ2v) is 3.09. The van der Waals surface area contributed by atoms with Gasteiger partial charge in [0.15, 0.2) is 0 Å². The summed E-state index contributed by atoms with van der Waals surface area (Å²) >= 11 is 0. The van der Waals surface area contributed by atoms with Gasteiger partial charge in [-0.3, -0.25) is 0 Å². The maximum absolute atomic E-state index is 13.3. The van der Waals surface area contributed by atoms with Gasteiger partial charge < -0.3 is 5.11 Å². The molecule has 0 aliphatic heterocycles. The summed E-state index contributed by atoms with van der Waals surface area (Å²) in [6.45, 7) is 0. The minimum Gasteiger partial charge on any atom is -0.478 e. The highest BCUT2D eigenvalue weighted by molar-refractivity contribution is 6.03. The van der Waals surface area contributed by atoms with E-state index in [4.69, 9.17) is 5.11 Å². The van der Waals surface area contributed by atoms with Crippen molar-refractivity contribution in [2.75, 3.05) is 0 Å². The molecule has 2 nitrogen and oxygen atoms in total. The molecule has 0 fully saturated rings. The molecule has 0 atom stereocenters. The fourth-order valence-electron chi connectivity index (χ4n) is 1.49. The minimum atomic E-state index is -1.20. The number of fused-ring (bicyclic) bond motifs is 1. The number of benzene rings is 2. The van der Waals surface area contributed by atoms with Gasteiger partial charge in [0.25, 0.3) is 0 Å². The van der Waals surface area contributed by atoms with E-state index in [9.17, 15) is 13.6 Å². The Hall–Kier alpha value is -1.97. The molecular weight excluding hydrogens is 202 g/mol. The zero-order valence-corrected chi connectivity index (χ0v) is 7.50. The Labute approximate surface area is 83.8 Å². The molecule has 0 saturated carbocycles. The van der Waals surface area contributed by atoms with Crippen LogP contribution >= 0.6 is 0 Å². The van der Waals surface area contributed by atoms with Gasteiger partial charge in [-0.1, -0.05) is 12.1 Å². The molecule has 0 heterocycles. The van der Waals surface area contributed by atoms with E-state index in [-0.39, 0.29) is 16.3 Å². The molecule has 2 rings (SSSR count). The predicted molar refractivity (Wildman–Crippen MR) is 50.8 cm³/mol. The Kier molecular flexibility index (Phi) is 2.11. The lowest BCUT2D eigenvalue weighted by Gasteiger charge is -2.03. The van der Waals surface area contributed by atoms with Crippen LogP contribution in [0.15, 0.2) is 30.3 Å². The molecule has 0 aliphatic rings. The molecule has 76 valence electrons. The molecular formula is C11H6F2O2. The largest absolute Gasteiger partial charge is 0.478 e. The van der Waals surface area contributed by atoms with Gasteiger partial charge in [0.05, 0.1) is 5.56 Å². The van der Waals surface area contributed by atoms with Crippen LogP contribution in [0.1, 0.15) is 10.4 Å². The van der Waals surface area contributed by atoms with Crippen LogP contribution in [0.5, 0.6) is 0 Å². The van der Waals surface area contributed by atoms with E-state index in [0.717, 1.165) is 12.1 Å². The first kappa shape index (κ1) is 9.58. The lowest BCUT2D eigenvalue weighted by molar-refractivity contribution is 0.0699. The topological polar surface area (TPSA) is 37.3 Å². The molecule has 0 aromatic heterocycles. The van der Waals surface area contributed by atoms with Crippen molar-refractivity contribution in [1.82, 2.24) is 0 Å². The molecule has 0 unspecified atom stereocenters. The number of hydrogen-bond acceptors (Lipinski definition) is 1. The quantitative estimate of drug-likeness (QED) is 0.782. The minimum absolute atomic E-state index is 0.0718. The first-order valence-electron chi connectivity index (χ1n) is 4.20. The summed E-state index contributed by atoms with van der Waals surface area (Å²) in [7, 11) is 0. The SMILES string of the molecule is O=C(O)c1cccc2c(F)cc(F)cc12. The van der Waals surface area contributed by atoms with Crippen molar-refractivity contribution in [3.05, 3.63) is 47.5 Å². The van der Waals surface area contributed by atoms with Gasteiger partial charge in [-0.05, 0) is 12.1 Å². The highest BCUT2D eigenvalue weighted by Gasteiger charge is 2.11. The van der Waals surface area contributed by atoms with E-state index >= 15 is 0 Å². The van der Waals surface area contributed by atoms with E-state index in [0.29, 0.717) is 0 Å². The third-order valence-electron chi connectivity index (χ3n) is 2.14. The molecule has 0 bridgehead atoms. The molecule has 0 amide bonds. The Morgan fingerprint density at radius 3 is 2.53 bits per heavy atom. The lowest BCUT2D eigenvalue weighted by atomic mass is 10.0. The standard InChI is InChI=1S/C11H6F2O2/c12-6-4-9-7(10(13)5-6)2-1-3-8(9)11(14)15/h1-5H,(H,14,15). The Balaban J connectivity index is 2.91. The van der Waals surface area contributed by atoms with Crippen LogP contribution in [0.2, 0.25) is 0 Å². The molecule has 4 heteroatoms. The third kappa shape index (κ3) is 1.54. The van der Waals surface area contributed by atoms with E-state index in [1.54, 1.807) is 0 Å². The maximum atomic E-state index is 13.3. The summed E-state index contributed by atoms with van der Waals surface area (Å²) in [6, 6.07) is 5.89. The van der Waals surface area contributed by atoms with Gasteiger partial charge in [0, 0.05) is 16.8 Å². The van der Waals surface area contributed by atoms with Crippen molar-refractivity contribution in [1.29, 1.82) is 0 Å². The second-order valence-electron chi connectivity index (χ2n) is 3.09. The average molecular weight is 208 g/mol. The van der Waals surface area contributed by atoms with Gasteiger partial charge in [-0.2, -0.15) is 0 Å². The number of carbonyl (C=O) groups is 1. The van der Waals surface area contributed by atoms with Crippen LogP contribution in [0.3, 0.4) is 0 Å². The van der Waals surface area contributed by atoms with Crippen molar-refractivity contribution in [2.24, 2.45) is 0 Å². The summed E-state index contributed by atoms with van der Waals surface area (Å²) in [6.07, 6.45) is 0. The predicted octanol–water partition coefficient (Wildman–Crippen LogP) is 2.82. The van der Waals surface area contributed by atoms with Crippen LogP contribution < -0.4 is 0 Å². The molecule has 0 aliphatic carbocycles.